The van der Waals surface area contributed by atoms with Gasteiger partial charge in [-0.3, -0.25) is 14.2 Å². The van der Waals surface area contributed by atoms with Gasteiger partial charge in [0.15, 0.2) is 0 Å². The lowest BCUT2D eigenvalue weighted by Gasteiger charge is -2.36. The molecule has 0 aliphatic carbocycles. The average molecular weight is 477 g/mol. The lowest BCUT2D eigenvalue weighted by molar-refractivity contribution is -0.132. The van der Waals surface area contributed by atoms with Gasteiger partial charge >= 0.3 is 5.69 Å². The molecule has 0 radical (unpaired) electrons. The maximum absolute atomic E-state index is 13.4. The standard InChI is InChI=1S/C25H24N4O4S/c1-33-20-9-7-18(8-10-20)26-12-14-27(15-13-26)22(30)17-28-21-11-16-34-23(21)24(31)29(25(28)32)19-5-3-2-4-6-19/h2-11,16H,12-15,17H2,1H3. The van der Waals surface area contributed by atoms with Crippen LogP contribution in [0.3, 0.4) is 0 Å². The van der Waals surface area contributed by atoms with E-state index < -0.39 is 5.69 Å². The molecule has 0 saturated carbocycles. The normalized spacial score (nSPS) is 13.9. The van der Waals surface area contributed by atoms with Crippen molar-refractivity contribution < 1.29 is 9.53 Å². The van der Waals surface area contributed by atoms with Gasteiger partial charge < -0.3 is 14.5 Å². The number of para-hydroxylation sites is 1. The van der Waals surface area contributed by atoms with Gasteiger partial charge in [0.25, 0.3) is 5.56 Å². The third-order valence-electron chi connectivity index (χ3n) is 6.13. The first kappa shape index (κ1) is 22.0. The van der Waals surface area contributed by atoms with Gasteiger partial charge in [-0.25, -0.2) is 9.36 Å². The minimum absolute atomic E-state index is 0.109. The number of anilines is 1. The Bertz CT molecular complexity index is 1430. The average Bonchev–Trinajstić information content (AvgIpc) is 3.38. The molecule has 4 aromatic rings. The Morgan fingerprint density at radius 3 is 2.29 bits per heavy atom. The van der Waals surface area contributed by atoms with E-state index in [4.69, 9.17) is 4.74 Å². The Morgan fingerprint density at radius 2 is 1.62 bits per heavy atom. The molecule has 34 heavy (non-hydrogen) atoms. The summed E-state index contributed by atoms with van der Waals surface area (Å²) in [5.74, 6) is 0.668. The van der Waals surface area contributed by atoms with Crippen molar-refractivity contribution in [1.29, 1.82) is 0 Å². The van der Waals surface area contributed by atoms with E-state index >= 15 is 0 Å². The molecule has 3 heterocycles. The SMILES string of the molecule is COc1ccc(N2CCN(C(=O)Cn3c(=O)n(-c4ccccc4)c(=O)c4sccc43)CC2)cc1. The zero-order chi connectivity index (χ0) is 23.7. The van der Waals surface area contributed by atoms with Gasteiger partial charge in [-0.15, -0.1) is 11.3 Å². The fourth-order valence-electron chi connectivity index (χ4n) is 4.29. The Labute approximate surface area is 199 Å². The fraction of sp³-hybridized carbons (Fsp3) is 0.240. The second kappa shape index (κ2) is 9.18. The van der Waals surface area contributed by atoms with Crippen molar-refractivity contribution in [2.45, 2.75) is 6.54 Å². The fourth-order valence-corrected chi connectivity index (χ4v) is 5.11. The number of benzene rings is 2. The van der Waals surface area contributed by atoms with Crippen LogP contribution in [-0.2, 0) is 11.3 Å². The van der Waals surface area contributed by atoms with Crippen molar-refractivity contribution in [3.63, 3.8) is 0 Å². The highest BCUT2D eigenvalue weighted by Crippen LogP contribution is 2.21. The van der Waals surface area contributed by atoms with Gasteiger partial charge in [0.05, 0.1) is 18.3 Å². The molecule has 1 fully saturated rings. The predicted octanol–water partition coefficient (Wildman–Crippen LogP) is 2.57. The molecule has 0 spiro atoms. The number of aromatic nitrogens is 2. The highest BCUT2D eigenvalue weighted by Gasteiger charge is 2.24. The number of thiophene rings is 1. The maximum Gasteiger partial charge on any atom is 0.336 e. The van der Waals surface area contributed by atoms with E-state index in [2.05, 4.69) is 4.90 Å². The number of fused-ring (bicyclic) bond motifs is 1. The van der Waals surface area contributed by atoms with Gasteiger partial charge in [-0.05, 0) is 47.8 Å². The summed E-state index contributed by atoms with van der Waals surface area (Å²) in [6, 6.07) is 18.4. The number of rotatable bonds is 5. The van der Waals surface area contributed by atoms with E-state index in [0.717, 1.165) is 16.0 Å². The van der Waals surface area contributed by atoms with E-state index in [1.54, 1.807) is 47.7 Å². The van der Waals surface area contributed by atoms with E-state index in [9.17, 15) is 14.4 Å². The van der Waals surface area contributed by atoms with Gasteiger partial charge in [-0.2, -0.15) is 0 Å². The number of nitrogens with zero attached hydrogens (tertiary/aromatic N) is 4. The van der Waals surface area contributed by atoms with Gasteiger partial charge in [0.2, 0.25) is 5.91 Å². The van der Waals surface area contributed by atoms with Crippen molar-refractivity contribution in [3.05, 3.63) is 86.9 Å². The summed E-state index contributed by atoms with van der Waals surface area (Å²) in [6.07, 6.45) is 0. The number of ether oxygens (including phenoxy) is 1. The van der Waals surface area contributed by atoms with Crippen LogP contribution in [-0.4, -0.2) is 53.2 Å². The van der Waals surface area contributed by atoms with Crippen LogP contribution in [0.15, 0.2) is 75.6 Å². The Balaban J connectivity index is 1.37. The molecule has 0 unspecified atom stereocenters. The summed E-state index contributed by atoms with van der Waals surface area (Å²) in [7, 11) is 1.64. The third kappa shape index (κ3) is 3.99. The van der Waals surface area contributed by atoms with Crippen LogP contribution in [0, 0.1) is 0 Å². The van der Waals surface area contributed by atoms with Crippen LogP contribution in [0.4, 0.5) is 5.69 Å². The second-order valence-electron chi connectivity index (χ2n) is 8.05. The van der Waals surface area contributed by atoms with Gasteiger partial charge in [-0.1, -0.05) is 18.2 Å². The molecule has 1 aliphatic heterocycles. The van der Waals surface area contributed by atoms with E-state index in [1.807, 2.05) is 30.3 Å². The quantitative estimate of drug-likeness (QED) is 0.443. The molecule has 0 atom stereocenters. The molecule has 8 nitrogen and oxygen atoms in total. The molecular formula is C25H24N4O4S. The molecule has 0 bridgehead atoms. The van der Waals surface area contributed by atoms with Crippen molar-refractivity contribution in [3.8, 4) is 11.4 Å². The zero-order valence-electron chi connectivity index (χ0n) is 18.7. The van der Waals surface area contributed by atoms with Crippen LogP contribution in [0.25, 0.3) is 15.9 Å². The third-order valence-corrected chi connectivity index (χ3v) is 7.02. The van der Waals surface area contributed by atoms with Crippen molar-refractivity contribution in [2.24, 2.45) is 0 Å². The molecule has 5 rings (SSSR count). The number of carbonyl (C=O) groups is 1. The number of carbonyl (C=O) groups excluding carboxylic acids is 1. The maximum atomic E-state index is 13.4. The smallest absolute Gasteiger partial charge is 0.336 e. The predicted molar refractivity (Wildman–Crippen MR) is 133 cm³/mol. The number of methoxy groups -OCH3 is 1. The largest absolute Gasteiger partial charge is 0.497 e. The lowest BCUT2D eigenvalue weighted by Crippen LogP contribution is -2.50. The summed E-state index contributed by atoms with van der Waals surface area (Å²) in [6.45, 7) is 2.41. The molecule has 174 valence electrons. The Hall–Kier alpha value is -3.85. The molecule has 1 amide bonds. The molecule has 0 N–H and O–H groups in total. The second-order valence-corrected chi connectivity index (χ2v) is 8.96. The summed E-state index contributed by atoms with van der Waals surface area (Å²) >= 11 is 1.28. The van der Waals surface area contributed by atoms with Crippen molar-refractivity contribution in [1.82, 2.24) is 14.0 Å². The molecule has 1 aliphatic rings. The van der Waals surface area contributed by atoms with E-state index in [0.29, 0.717) is 42.1 Å². The Morgan fingerprint density at radius 1 is 0.912 bits per heavy atom. The first-order valence-electron chi connectivity index (χ1n) is 11.0. The number of piperazine rings is 1. The molecule has 9 heteroatoms. The first-order valence-corrected chi connectivity index (χ1v) is 11.9. The van der Waals surface area contributed by atoms with Crippen LogP contribution < -0.4 is 20.9 Å². The van der Waals surface area contributed by atoms with Crippen LogP contribution in [0.5, 0.6) is 5.75 Å². The first-order chi connectivity index (χ1) is 16.6. The highest BCUT2D eigenvalue weighted by molar-refractivity contribution is 7.17. The lowest BCUT2D eigenvalue weighted by atomic mass is 10.2. The van der Waals surface area contributed by atoms with Crippen LogP contribution in [0.1, 0.15) is 0 Å². The number of hydrogen-bond acceptors (Lipinski definition) is 6. The summed E-state index contributed by atoms with van der Waals surface area (Å²) < 4.78 is 8.24. The monoisotopic (exact) mass is 476 g/mol. The number of hydrogen-bond donors (Lipinski definition) is 0. The Kier molecular flexibility index (Phi) is 5.93. The highest BCUT2D eigenvalue weighted by atomic mass is 32.1. The summed E-state index contributed by atoms with van der Waals surface area (Å²) in [5.41, 5.74) is 1.20. The van der Waals surface area contributed by atoms with Crippen molar-refractivity contribution in [2.75, 3.05) is 38.2 Å². The molecule has 2 aromatic heterocycles. The van der Waals surface area contributed by atoms with E-state index in [1.165, 1.54) is 15.9 Å². The summed E-state index contributed by atoms with van der Waals surface area (Å²) in [4.78, 5) is 43.6. The topological polar surface area (TPSA) is 76.8 Å². The molecule has 1 saturated heterocycles. The van der Waals surface area contributed by atoms with Crippen LogP contribution in [0.2, 0.25) is 0 Å². The minimum Gasteiger partial charge on any atom is -0.497 e. The summed E-state index contributed by atoms with van der Waals surface area (Å²) in [5, 5.41) is 1.77. The molecular weight excluding hydrogens is 452 g/mol. The van der Waals surface area contributed by atoms with Gasteiger partial charge in [0, 0.05) is 31.9 Å². The van der Waals surface area contributed by atoms with E-state index in [-0.39, 0.29) is 18.0 Å². The minimum atomic E-state index is -0.507. The van der Waals surface area contributed by atoms with Gasteiger partial charge in [0.1, 0.15) is 17.0 Å². The van der Waals surface area contributed by atoms with Crippen LogP contribution >= 0.6 is 11.3 Å². The molecule has 2 aromatic carbocycles. The number of amides is 1. The zero-order valence-corrected chi connectivity index (χ0v) is 19.5. The van der Waals surface area contributed by atoms with Crippen molar-refractivity contribution >= 4 is 33.1 Å².